The molecule has 72 valence electrons. The lowest BCUT2D eigenvalue weighted by Crippen LogP contribution is -2.43. The van der Waals surface area contributed by atoms with E-state index in [4.69, 9.17) is 5.11 Å². The van der Waals surface area contributed by atoms with Crippen molar-refractivity contribution in [3.8, 4) is 0 Å². The summed E-state index contributed by atoms with van der Waals surface area (Å²) in [6, 6.07) is 0. The lowest BCUT2D eigenvalue weighted by Gasteiger charge is -2.40. The highest BCUT2D eigenvalue weighted by Gasteiger charge is 2.35. The summed E-state index contributed by atoms with van der Waals surface area (Å²) in [5.41, 5.74) is 0.258. The molecule has 2 heteroatoms. The van der Waals surface area contributed by atoms with Crippen LogP contribution in [0.2, 0.25) is 0 Å². The SMILES string of the molecule is CCCCNCC1(CO)CCC1. The fraction of sp³-hybridized carbons (Fsp3) is 1.00. The Kier molecular flexibility index (Phi) is 4.02. The Hall–Kier alpha value is -0.0800. The average Bonchev–Trinajstić information content (AvgIpc) is 2.02. The molecule has 0 heterocycles. The first-order chi connectivity index (χ1) is 5.83. The minimum Gasteiger partial charge on any atom is -0.396 e. The molecule has 0 unspecified atom stereocenters. The van der Waals surface area contributed by atoms with Gasteiger partial charge in [0.2, 0.25) is 0 Å². The van der Waals surface area contributed by atoms with Crippen LogP contribution in [0.3, 0.4) is 0 Å². The van der Waals surface area contributed by atoms with Crippen LogP contribution in [0.1, 0.15) is 39.0 Å². The molecule has 0 aromatic heterocycles. The molecular formula is C10H21NO. The first kappa shape index (κ1) is 10.0. The van der Waals surface area contributed by atoms with Gasteiger partial charge in [0.1, 0.15) is 0 Å². The number of aliphatic hydroxyl groups is 1. The molecule has 0 radical (unpaired) electrons. The Balaban J connectivity index is 2.04. The molecule has 2 nitrogen and oxygen atoms in total. The maximum atomic E-state index is 9.15. The van der Waals surface area contributed by atoms with Gasteiger partial charge in [-0.3, -0.25) is 0 Å². The smallest absolute Gasteiger partial charge is 0.0499 e. The standard InChI is InChI=1S/C10H21NO/c1-2-3-7-11-8-10(9-12)5-4-6-10/h11-12H,2-9H2,1H3. The summed E-state index contributed by atoms with van der Waals surface area (Å²) in [5.74, 6) is 0. The van der Waals surface area contributed by atoms with Crippen LogP contribution in [0.15, 0.2) is 0 Å². The minimum atomic E-state index is 0.258. The van der Waals surface area contributed by atoms with E-state index >= 15 is 0 Å². The Labute approximate surface area is 75.4 Å². The molecule has 1 aliphatic carbocycles. The van der Waals surface area contributed by atoms with Crippen molar-refractivity contribution in [1.29, 1.82) is 0 Å². The molecule has 0 aliphatic heterocycles. The summed E-state index contributed by atoms with van der Waals surface area (Å²) in [5, 5.41) is 12.6. The van der Waals surface area contributed by atoms with Gasteiger partial charge in [-0.15, -0.1) is 0 Å². The van der Waals surface area contributed by atoms with Crippen LogP contribution in [0.5, 0.6) is 0 Å². The zero-order valence-corrected chi connectivity index (χ0v) is 8.10. The Morgan fingerprint density at radius 3 is 2.58 bits per heavy atom. The normalized spacial score (nSPS) is 20.5. The van der Waals surface area contributed by atoms with Crippen LogP contribution in [0.4, 0.5) is 0 Å². The monoisotopic (exact) mass is 171 g/mol. The summed E-state index contributed by atoms with van der Waals surface area (Å²) in [4.78, 5) is 0. The summed E-state index contributed by atoms with van der Waals surface area (Å²) >= 11 is 0. The maximum absolute atomic E-state index is 9.15. The van der Waals surface area contributed by atoms with Gasteiger partial charge in [-0.1, -0.05) is 19.8 Å². The van der Waals surface area contributed by atoms with E-state index in [-0.39, 0.29) is 5.41 Å². The van der Waals surface area contributed by atoms with Gasteiger partial charge in [0.05, 0.1) is 0 Å². The number of rotatable bonds is 6. The molecule has 0 saturated heterocycles. The Morgan fingerprint density at radius 2 is 2.17 bits per heavy atom. The van der Waals surface area contributed by atoms with Crippen molar-refractivity contribution in [3.63, 3.8) is 0 Å². The van der Waals surface area contributed by atoms with Crippen LogP contribution >= 0.6 is 0 Å². The van der Waals surface area contributed by atoms with Gasteiger partial charge in [0.25, 0.3) is 0 Å². The highest BCUT2D eigenvalue weighted by molar-refractivity contribution is 4.88. The van der Waals surface area contributed by atoms with Crippen LogP contribution in [0, 0.1) is 5.41 Å². The van der Waals surface area contributed by atoms with Crippen molar-refractivity contribution in [2.24, 2.45) is 5.41 Å². The molecule has 1 saturated carbocycles. The molecule has 0 aromatic rings. The summed E-state index contributed by atoms with van der Waals surface area (Å²) in [6.45, 7) is 4.70. The largest absolute Gasteiger partial charge is 0.396 e. The molecule has 0 aromatic carbocycles. The lowest BCUT2D eigenvalue weighted by molar-refractivity contribution is 0.0449. The van der Waals surface area contributed by atoms with Crippen molar-refractivity contribution >= 4 is 0 Å². The fourth-order valence-electron chi connectivity index (χ4n) is 1.72. The van der Waals surface area contributed by atoms with Crippen molar-refractivity contribution in [1.82, 2.24) is 5.32 Å². The van der Waals surface area contributed by atoms with Gasteiger partial charge in [-0.25, -0.2) is 0 Å². The summed E-state index contributed by atoms with van der Waals surface area (Å²) in [6.07, 6.45) is 6.22. The van der Waals surface area contributed by atoms with Crippen LogP contribution in [-0.2, 0) is 0 Å². The second-order valence-corrected chi connectivity index (χ2v) is 4.04. The third kappa shape index (κ3) is 2.46. The molecule has 2 N–H and O–H groups in total. The fourth-order valence-corrected chi connectivity index (χ4v) is 1.72. The molecule has 12 heavy (non-hydrogen) atoms. The highest BCUT2D eigenvalue weighted by atomic mass is 16.3. The van der Waals surface area contributed by atoms with Crippen molar-refractivity contribution in [3.05, 3.63) is 0 Å². The van der Waals surface area contributed by atoms with Gasteiger partial charge in [0, 0.05) is 18.6 Å². The van der Waals surface area contributed by atoms with Gasteiger partial charge in [-0.2, -0.15) is 0 Å². The first-order valence-electron chi connectivity index (χ1n) is 5.14. The lowest BCUT2D eigenvalue weighted by atomic mass is 9.69. The third-order valence-electron chi connectivity index (χ3n) is 2.96. The predicted molar refractivity (Wildman–Crippen MR) is 51.1 cm³/mol. The van der Waals surface area contributed by atoms with E-state index in [0.29, 0.717) is 6.61 Å². The third-order valence-corrected chi connectivity index (χ3v) is 2.96. The molecule has 0 spiro atoms. The van der Waals surface area contributed by atoms with E-state index in [1.54, 1.807) is 0 Å². The molecular weight excluding hydrogens is 150 g/mol. The van der Waals surface area contributed by atoms with Crippen molar-refractivity contribution < 1.29 is 5.11 Å². The van der Waals surface area contributed by atoms with E-state index in [1.165, 1.54) is 32.1 Å². The van der Waals surface area contributed by atoms with Gasteiger partial charge >= 0.3 is 0 Å². The van der Waals surface area contributed by atoms with Crippen molar-refractivity contribution in [2.75, 3.05) is 19.7 Å². The quantitative estimate of drug-likeness (QED) is 0.594. The first-order valence-corrected chi connectivity index (χ1v) is 5.14. The molecule has 1 fully saturated rings. The van der Waals surface area contributed by atoms with Crippen LogP contribution in [-0.4, -0.2) is 24.8 Å². The zero-order chi connectivity index (χ0) is 8.86. The van der Waals surface area contributed by atoms with Gasteiger partial charge in [-0.05, 0) is 25.8 Å². The summed E-state index contributed by atoms with van der Waals surface area (Å²) in [7, 11) is 0. The second kappa shape index (κ2) is 4.83. The topological polar surface area (TPSA) is 32.3 Å². The van der Waals surface area contributed by atoms with E-state index in [2.05, 4.69) is 12.2 Å². The molecule has 0 bridgehead atoms. The second-order valence-electron chi connectivity index (χ2n) is 4.04. The number of nitrogens with one attached hydrogen (secondary N) is 1. The molecule has 1 rings (SSSR count). The summed E-state index contributed by atoms with van der Waals surface area (Å²) < 4.78 is 0. The Bertz CT molecular complexity index is 115. The van der Waals surface area contributed by atoms with Crippen molar-refractivity contribution in [2.45, 2.75) is 39.0 Å². The predicted octanol–water partition coefficient (Wildman–Crippen LogP) is 1.54. The van der Waals surface area contributed by atoms with Gasteiger partial charge in [0.15, 0.2) is 0 Å². The van der Waals surface area contributed by atoms with E-state index in [0.717, 1.165) is 13.1 Å². The number of hydrogen-bond donors (Lipinski definition) is 2. The Morgan fingerprint density at radius 1 is 1.42 bits per heavy atom. The van der Waals surface area contributed by atoms with E-state index in [1.807, 2.05) is 0 Å². The molecule has 1 aliphatic rings. The maximum Gasteiger partial charge on any atom is 0.0499 e. The number of hydrogen-bond acceptors (Lipinski definition) is 2. The van der Waals surface area contributed by atoms with E-state index in [9.17, 15) is 0 Å². The van der Waals surface area contributed by atoms with Gasteiger partial charge < -0.3 is 10.4 Å². The van der Waals surface area contributed by atoms with Crippen LogP contribution in [0.25, 0.3) is 0 Å². The number of unbranched alkanes of at least 4 members (excludes halogenated alkanes) is 1. The molecule has 0 atom stereocenters. The average molecular weight is 171 g/mol. The highest BCUT2D eigenvalue weighted by Crippen LogP contribution is 2.39. The number of aliphatic hydroxyl groups excluding tert-OH is 1. The van der Waals surface area contributed by atoms with E-state index < -0.39 is 0 Å². The van der Waals surface area contributed by atoms with Crippen LogP contribution < -0.4 is 5.32 Å². The minimum absolute atomic E-state index is 0.258. The zero-order valence-electron chi connectivity index (χ0n) is 8.10. The molecule has 0 amide bonds.